The summed E-state index contributed by atoms with van der Waals surface area (Å²) in [6, 6.07) is 10.4. The highest BCUT2D eigenvalue weighted by Gasteiger charge is 2.36. The summed E-state index contributed by atoms with van der Waals surface area (Å²) in [4.78, 5) is 0. The van der Waals surface area contributed by atoms with Gasteiger partial charge in [0.1, 0.15) is 0 Å². The van der Waals surface area contributed by atoms with Crippen LogP contribution in [0.3, 0.4) is 0 Å². The number of hydrogen-bond acceptors (Lipinski definition) is 2. The molecule has 14 heavy (non-hydrogen) atoms. The summed E-state index contributed by atoms with van der Waals surface area (Å²) in [7, 11) is 0. The second kappa shape index (κ2) is 3.71. The third-order valence-electron chi connectivity index (χ3n) is 3.33. The second-order valence-electron chi connectivity index (χ2n) is 4.26. The van der Waals surface area contributed by atoms with E-state index in [2.05, 4.69) is 12.1 Å². The third-order valence-corrected chi connectivity index (χ3v) is 3.33. The monoisotopic (exact) mass is 190 g/mol. The van der Waals surface area contributed by atoms with E-state index in [4.69, 9.17) is 11.5 Å². The zero-order chi connectivity index (χ0) is 10.0. The molecule has 0 unspecified atom stereocenters. The largest absolute Gasteiger partial charge is 0.326 e. The van der Waals surface area contributed by atoms with E-state index in [1.807, 2.05) is 18.2 Å². The fourth-order valence-electron chi connectivity index (χ4n) is 2.33. The predicted molar refractivity (Wildman–Crippen MR) is 58.8 cm³/mol. The maximum atomic E-state index is 6.40. The van der Waals surface area contributed by atoms with Crippen LogP contribution in [0.15, 0.2) is 30.3 Å². The lowest BCUT2D eigenvalue weighted by atomic mass is 9.74. The van der Waals surface area contributed by atoms with E-state index in [0.717, 1.165) is 12.8 Å². The standard InChI is InChI=1S/C12H18N2/c13-11-8-4-5-9-12(11,14)10-6-2-1-3-7-10/h1-3,6-7,11H,4-5,8-9,13-14H2/t11-,12+/m0/s1. The topological polar surface area (TPSA) is 52.0 Å². The first kappa shape index (κ1) is 9.69. The summed E-state index contributed by atoms with van der Waals surface area (Å²) in [5.41, 5.74) is 13.4. The summed E-state index contributed by atoms with van der Waals surface area (Å²) in [5.74, 6) is 0. The van der Waals surface area contributed by atoms with E-state index < -0.39 is 0 Å². The lowest BCUT2D eigenvalue weighted by Crippen LogP contribution is -2.54. The molecular weight excluding hydrogens is 172 g/mol. The summed E-state index contributed by atoms with van der Waals surface area (Å²) in [6.45, 7) is 0. The lowest BCUT2D eigenvalue weighted by Gasteiger charge is -2.39. The summed E-state index contributed by atoms with van der Waals surface area (Å²) < 4.78 is 0. The smallest absolute Gasteiger partial charge is 0.0562 e. The molecule has 0 spiro atoms. The lowest BCUT2D eigenvalue weighted by molar-refractivity contribution is 0.256. The van der Waals surface area contributed by atoms with Crippen molar-refractivity contribution in [2.75, 3.05) is 0 Å². The molecule has 2 nitrogen and oxygen atoms in total. The molecule has 0 radical (unpaired) electrons. The van der Waals surface area contributed by atoms with Gasteiger partial charge in [0, 0.05) is 6.04 Å². The molecule has 0 heterocycles. The van der Waals surface area contributed by atoms with Crippen molar-refractivity contribution in [3.05, 3.63) is 35.9 Å². The van der Waals surface area contributed by atoms with Crippen LogP contribution in [0, 0.1) is 0 Å². The molecule has 1 fully saturated rings. The maximum absolute atomic E-state index is 6.40. The molecule has 1 aromatic rings. The molecule has 2 atom stereocenters. The molecule has 2 rings (SSSR count). The van der Waals surface area contributed by atoms with Crippen molar-refractivity contribution in [1.82, 2.24) is 0 Å². The van der Waals surface area contributed by atoms with Gasteiger partial charge in [0.2, 0.25) is 0 Å². The highest BCUT2D eigenvalue weighted by Crippen LogP contribution is 2.33. The molecule has 1 saturated carbocycles. The molecule has 0 aliphatic heterocycles. The molecule has 2 heteroatoms. The number of nitrogens with two attached hydrogens (primary N) is 2. The number of hydrogen-bond donors (Lipinski definition) is 2. The van der Waals surface area contributed by atoms with Crippen molar-refractivity contribution in [3.63, 3.8) is 0 Å². The first-order chi connectivity index (χ1) is 6.73. The van der Waals surface area contributed by atoms with Crippen molar-refractivity contribution in [1.29, 1.82) is 0 Å². The number of rotatable bonds is 1. The van der Waals surface area contributed by atoms with Crippen molar-refractivity contribution >= 4 is 0 Å². The van der Waals surface area contributed by atoms with E-state index in [9.17, 15) is 0 Å². The molecule has 0 saturated heterocycles. The van der Waals surface area contributed by atoms with Crippen LogP contribution in [0.25, 0.3) is 0 Å². The third kappa shape index (κ3) is 1.56. The Labute approximate surface area is 85.3 Å². The van der Waals surface area contributed by atoms with Crippen LogP contribution in [0.5, 0.6) is 0 Å². The Kier molecular flexibility index (Phi) is 2.57. The fraction of sp³-hybridized carbons (Fsp3) is 0.500. The van der Waals surface area contributed by atoms with Crippen LogP contribution >= 0.6 is 0 Å². The van der Waals surface area contributed by atoms with Gasteiger partial charge in [-0.3, -0.25) is 0 Å². The molecule has 1 aliphatic carbocycles. The zero-order valence-corrected chi connectivity index (χ0v) is 8.45. The van der Waals surface area contributed by atoms with Gasteiger partial charge in [-0.25, -0.2) is 0 Å². The molecule has 4 N–H and O–H groups in total. The van der Waals surface area contributed by atoms with Crippen LogP contribution < -0.4 is 11.5 Å². The average Bonchev–Trinajstić information content (AvgIpc) is 2.24. The normalized spacial score (nSPS) is 32.9. The summed E-state index contributed by atoms with van der Waals surface area (Å²) in [5, 5.41) is 0. The van der Waals surface area contributed by atoms with Gasteiger partial charge in [-0.15, -0.1) is 0 Å². The Morgan fingerprint density at radius 1 is 1.14 bits per heavy atom. The SMILES string of the molecule is N[C@H]1CCCC[C@@]1(N)c1ccccc1. The van der Waals surface area contributed by atoms with Gasteiger partial charge in [-0.2, -0.15) is 0 Å². The molecular formula is C12H18N2. The quantitative estimate of drug-likeness (QED) is 0.708. The van der Waals surface area contributed by atoms with E-state index in [1.54, 1.807) is 0 Å². The van der Waals surface area contributed by atoms with Crippen molar-refractivity contribution in [3.8, 4) is 0 Å². The fourth-order valence-corrected chi connectivity index (χ4v) is 2.33. The van der Waals surface area contributed by atoms with Gasteiger partial charge in [0.15, 0.2) is 0 Å². The molecule has 1 aromatic carbocycles. The molecule has 0 bridgehead atoms. The van der Waals surface area contributed by atoms with Crippen molar-refractivity contribution in [2.45, 2.75) is 37.3 Å². The molecule has 0 aromatic heterocycles. The average molecular weight is 190 g/mol. The zero-order valence-electron chi connectivity index (χ0n) is 8.45. The van der Waals surface area contributed by atoms with Crippen LogP contribution in [0.4, 0.5) is 0 Å². The minimum Gasteiger partial charge on any atom is -0.326 e. The van der Waals surface area contributed by atoms with Crippen molar-refractivity contribution in [2.24, 2.45) is 11.5 Å². The van der Waals surface area contributed by atoms with Gasteiger partial charge in [-0.05, 0) is 18.4 Å². The predicted octanol–water partition coefficient (Wildman–Crippen LogP) is 1.74. The number of benzene rings is 1. The van der Waals surface area contributed by atoms with E-state index in [1.165, 1.54) is 18.4 Å². The summed E-state index contributed by atoms with van der Waals surface area (Å²) in [6.07, 6.45) is 4.47. The minimum absolute atomic E-state index is 0.110. The van der Waals surface area contributed by atoms with Gasteiger partial charge in [0.25, 0.3) is 0 Å². The Balaban J connectivity index is 2.30. The first-order valence-corrected chi connectivity index (χ1v) is 5.33. The van der Waals surface area contributed by atoms with Crippen LogP contribution in [-0.4, -0.2) is 6.04 Å². The highest BCUT2D eigenvalue weighted by atomic mass is 14.9. The summed E-state index contributed by atoms with van der Waals surface area (Å²) >= 11 is 0. The Morgan fingerprint density at radius 2 is 1.86 bits per heavy atom. The van der Waals surface area contributed by atoms with Crippen molar-refractivity contribution < 1.29 is 0 Å². The van der Waals surface area contributed by atoms with Gasteiger partial charge in [0.05, 0.1) is 5.54 Å². The Bertz CT molecular complexity index is 296. The molecule has 1 aliphatic rings. The van der Waals surface area contributed by atoms with Crippen LogP contribution in [0.1, 0.15) is 31.2 Å². The Hall–Kier alpha value is -0.860. The van der Waals surface area contributed by atoms with E-state index in [0.29, 0.717) is 0 Å². The minimum atomic E-state index is -0.292. The Morgan fingerprint density at radius 3 is 2.50 bits per heavy atom. The van der Waals surface area contributed by atoms with Gasteiger partial charge in [-0.1, -0.05) is 43.2 Å². The highest BCUT2D eigenvalue weighted by molar-refractivity contribution is 5.26. The van der Waals surface area contributed by atoms with Crippen LogP contribution in [-0.2, 0) is 5.54 Å². The molecule has 76 valence electrons. The first-order valence-electron chi connectivity index (χ1n) is 5.33. The van der Waals surface area contributed by atoms with Crippen LogP contribution in [0.2, 0.25) is 0 Å². The van der Waals surface area contributed by atoms with E-state index in [-0.39, 0.29) is 11.6 Å². The maximum Gasteiger partial charge on any atom is 0.0562 e. The van der Waals surface area contributed by atoms with Gasteiger partial charge >= 0.3 is 0 Å². The second-order valence-corrected chi connectivity index (χ2v) is 4.26. The van der Waals surface area contributed by atoms with E-state index >= 15 is 0 Å². The molecule has 0 amide bonds. The van der Waals surface area contributed by atoms with Gasteiger partial charge < -0.3 is 11.5 Å².